The predicted octanol–water partition coefficient (Wildman–Crippen LogP) is 1.85. The zero-order chi connectivity index (χ0) is 18.6. The molecule has 0 aliphatic carbocycles. The normalized spacial score (nSPS) is 12.1. The van der Waals surface area contributed by atoms with Gasteiger partial charge in [-0.25, -0.2) is 9.78 Å². The number of carbonyl (C=O) groups is 2. The minimum Gasteiger partial charge on any atom is -0.348 e. The van der Waals surface area contributed by atoms with Gasteiger partial charge in [-0.15, -0.1) is 0 Å². The largest absolute Gasteiger partial charge is 0.471 e. The number of hydrogen-bond donors (Lipinski definition) is 2. The Morgan fingerprint density at radius 1 is 0.667 bits per heavy atom. The van der Waals surface area contributed by atoms with E-state index in [0.29, 0.717) is 12.8 Å². The van der Waals surface area contributed by atoms with E-state index in [1.165, 1.54) is 0 Å². The Bertz CT molecular complexity index is 351. The average molecular weight is 368 g/mol. The minimum atomic E-state index is -4.90. The lowest BCUT2D eigenvalue weighted by Crippen LogP contribution is -2.37. The molecule has 0 aliphatic heterocycles. The van der Waals surface area contributed by atoms with E-state index in [0.717, 1.165) is 0 Å². The van der Waals surface area contributed by atoms with Crippen LogP contribution in [0.25, 0.3) is 0 Å². The molecule has 0 saturated carbocycles. The summed E-state index contributed by atoms with van der Waals surface area (Å²) in [6.45, 7) is -0.124. The van der Waals surface area contributed by atoms with Crippen LogP contribution >= 0.6 is 0 Å². The van der Waals surface area contributed by atoms with Crippen LogP contribution in [0.1, 0.15) is 25.7 Å². The third-order valence-corrected chi connectivity index (χ3v) is 2.48. The van der Waals surface area contributed by atoms with Gasteiger partial charge < -0.3 is 10.6 Å². The highest BCUT2D eigenvalue weighted by Gasteiger charge is 2.38. The van der Waals surface area contributed by atoms with Gasteiger partial charge in [-0.05, 0) is 25.7 Å². The van der Waals surface area contributed by atoms with Crippen molar-refractivity contribution in [1.29, 1.82) is 0 Å². The third-order valence-electron chi connectivity index (χ3n) is 2.48. The number of carbonyl (C=O) groups excluding carboxylic acids is 2. The minimum absolute atomic E-state index is 0.0900. The van der Waals surface area contributed by atoms with E-state index in [2.05, 4.69) is 9.78 Å². The van der Waals surface area contributed by atoms with Gasteiger partial charge >= 0.3 is 24.2 Å². The molecule has 0 rings (SSSR count). The van der Waals surface area contributed by atoms with Crippen molar-refractivity contribution in [1.82, 2.24) is 10.6 Å². The van der Waals surface area contributed by atoms with Gasteiger partial charge in [-0.2, -0.15) is 26.3 Å². The lowest BCUT2D eigenvalue weighted by Gasteiger charge is -2.08. The molecule has 0 aromatic carbocycles. The van der Waals surface area contributed by atoms with Crippen molar-refractivity contribution in [3.05, 3.63) is 0 Å². The molecule has 142 valence electrons. The molecule has 0 saturated heterocycles. The molecule has 2 N–H and O–H groups in total. The molecular weight excluding hydrogens is 350 g/mol. The molecule has 0 bridgehead atoms. The SMILES string of the molecule is O=C(NCCCCOOCCCCNC(=O)C(F)(F)F)C(F)(F)F. The molecule has 0 spiro atoms. The van der Waals surface area contributed by atoms with Crippen LogP contribution in [0.15, 0.2) is 0 Å². The smallest absolute Gasteiger partial charge is 0.348 e. The second kappa shape index (κ2) is 11.1. The number of rotatable bonds is 11. The fraction of sp³-hybridized carbons (Fsp3) is 0.833. The highest BCUT2D eigenvalue weighted by atomic mass is 19.4. The van der Waals surface area contributed by atoms with Crippen LogP contribution < -0.4 is 10.6 Å². The number of alkyl halides is 6. The maximum absolute atomic E-state index is 11.8. The zero-order valence-electron chi connectivity index (χ0n) is 12.6. The first-order chi connectivity index (χ1) is 11.0. The summed E-state index contributed by atoms with van der Waals surface area (Å²) >= 11 is 0. The van der Waals surface area contributed by atoms with Crippen molar-refractivity contribution in [3.63, 3.8) is 0 Å². The monoisotopic (exact) mass is 368 g/mol. The van der Waals surface area contributed by atoms with Gasteiger partial charge in [0, 0.05) is 13.1 Å². The highest BCUT2D eigenvalue weighted by molar-refractivity contribution is 5.81. The first-order valence-corrected chi connectivity index (χ1v) is 6.99. The van der Waals surface area contributed by atoms with Crippen LogP contribution in [0.2, 0.25) is 0 Å². The number of nitrogens with one attached hydrogen (secondary N) is 2. The van der Waals surface area contributed by atoms with Crippen molar-refractivity contribution in [2.45, 2.75) is 38.0 Å². The van der Waals surface area contributed by atoms with Crippen molar-refractivity contribution >= 4 is 11.8 Å². The van der Waals surface area contributed by atoms with Gasteiger partial charge in [0.05, 0.1) is 13.2 Å². The van der Waals surface area contributed by atoms with E-state index in [4.69, 9.17) is 0 Å². The molecule has 0 aromatic rings. The summed E-state index contributed by atoms with van der Waals surface area (Å²) in [6, 6.07) is 0. The van der Waals surface area contributed by atoms with Crippen molar-refractivity contribution < 1.29 is 45.7 Å². The van der Waals surface area contributed by atoms with E-state index < -0.39 is 24.2 Å². The quantitative estimate of drug-likeness (QED) is 0.253. The van der Waals surface area contributed by atoms with Crippen LogP contribution in [0.5, 0.6) is 0 Å². The van der Waals surface area contributed by atoms with Crippen molar-refractivity contribution in [2.24, 2.45) is 0 Å². The van der Waals surface area contributed by atoms with Gasteiger partial charge in [0.15, 0.2) is 0 Å². The van der Waals surface area contributed by atoms with Gasteiger partial charge in [0.25, 0.3) is 0 Å². The molecule has 0 atom stereocenters. The first kappa shape index (κ1) is 22.4. The summed E-state index contributed by atoms with van der Waals surface area (Å²) < 4.78 is 70.9. The van der Waals surface area contributed by atoms with Crippen LogP contribution in [0.4, 0.5) is 26.3 Å². The second-order valence-electron chi connectivity index (χ2n) is 4.57. The number of halogens is 6. The summed E-state index contributed by atoms with van der Waals surface area (Å²) in [4.78, 5) is 30.3. The predicted molar refractivity (Wildman–Crippen MR) is 68.5 cm³/mol. The van der Waals surface area contributed by atoms with E-state index in [1.54, 1.807) is 10.6 Å². The Balaban J connectivity index is 3.32. The highest BCUT2D eigenvalue weighted by Crippen LogP contribution is 2.14. The summed E-state index contributed by atoms with van der Waals surface area (Å²) in [6.07, 6.45) is -8.60. The molecule has 0 aromatic heterocycles. The van der Waals surface area contributed by atoms with Crippen molar-refractivity contribution in [2.75, 3.05) is 26.3 Å². The first-order valence-electron chi connectivity index (χ1n) is 6.99. The van der Waals surface area contributed by atoms with E-state index in [9.17, 15) is 35.9 Å². The Kier molecular flexibility index (Phi) is 10.4. The van der Waals surface area contributed by atoms with Gasteiger partial charge in [0.2, 0.25) is 0 Å². The number of unbranched alkanes of at least 4 members (excludes halogenated alkanes) is 2. The number of amides is 2. The van der Waals surface area contributed by atoms with Gasteiger partial charge in [-0.1, -0.05) is 0 Å². The van der Waals surface area contributed by atoms with Crippen LogP contribution in [0, 0.1) is 0 Å². The van der Waals surface area contributed by atoms with E-state index in [1.807, 2.05) is 0 Å². The molecule has 6 nitrogen and oxygen atoms in total. The Morgan fingerprint density at radius 3 is 1.29 bits per heavy atom. The van der Waals surface area contributed by atoms with E-state index >= 15 is 0 Å². The molecule has 0 aliphatic rings. The van der Waals surface area contributed by atoms with Gasteiger partial charge in [0.1, 0.15) is 0 Å². The Hall–Kier alpha value is -1.56. The average Bonchev–Trinajstić information content (AvgIpc) is 2.45. The van der Waals surface area contributed by atoms with E-state index in [-0.39, 0.29) is 39.1 Å². The summed E-state index contributed by atoms with van der Waals surface area (Å²) in [5.74, 6) is -4.01. The molecule has 0 fully saturated rings. The lowest BCUT2D eigenvalue weighted by molar-refractivity contribution is -0.295. The molecule has 2 amide bonds. The molecule has 0 radical (unpaired) electrons. The third kappa shape index (κ3) is 11.9. The topological polar surface area (TPSA) is 76.7 Å². The van der Waals surface area contributed by atoms with Crippen LogP contribution in [-0.4, -0.2) is 50.5 Å². The standard InChI is InChI=1S/C12H18F6N2O4/c13-11(14,15)9(21)19-5-1-3-7-23-24-8-4-2-6-20-10(22)12(16,17)18/h1-8H2,(H,19,21)(H,20,22). The Morgan fingerprint density at radius 2 is 1.00 bits per heavy atom. The molecule has 0 unspecified atom stereocenters. The molecular formula is C12H18F6N2O4. The molecule has 12 heteroatoms. The molecule has 0 heterocycles. The lowest BCUT2D eigenvalue weighted by atomic mass is 10.3. The maximum atomic E-state index is 11.8. The van der Waals surface area contributed by atoms with Gasteiger partial charge in [-0.3, -0.25) is 9.59 Å². The zero-order valence-corrected chi connectivity index (χ0v) is 12.6. The second-order valence-corrected chi connectivity index (χ2v) is 4.57. The van der Waals surface area contributed by atoms with Crippen LogP contribution in [0.3, 0.4) is 0 Å². The number of hydrogen-bond acceptors (Lipinski definition) is 4. The maximum Gasteiger partial charge on any atom is 0.471 e. The fourth-order valence-electron chi connectivity index (χ4n) is 1.29. The fourth-order valence-corrected chi connectivity index (χ4v) is 1.29. The van der Waals surface area contributed by atoms with Crippen molar-refractivity contribution in [3.8, 4) is 0 Å². The summed E-state index contributed by atoms with van der Waals surface area (Å²) in [7, 11) is 0. The summed E-state index contributed by atoms with van der Waals surface area (Å²) in [5, 5.41) is 3.39. The summed E-state index contributed by atoms with van der Waals surface area (Å²) in [5.41, 5.74) is 0. The van der Waals surface area contributed by atoms with Crippen LogP contribution in [-0.2, 0) is 19.4 Å². The molecule has 24 heavy (non-hydrogen) atoms. The Labute approximate surface area is 133 Å².